The fourth-order valence-corrected chi connectivity index (χ4v) is 4.75. The van der Waals surface area contributed by atoms with Crippen molar-refractivity contribution >= 4 is 26.9 Å². The lowest BCUT2D eigenvalue weighted by Gasteiger charge is -2.12. The number of benzene rings is 3. The first-order valence-corrected chi connectivity index (χ1v) is 9.87. The van der Waals surface area contributed by atoms with Crippen molar-refractivity contribution in [1.29, 1.82) is 0 Å². The normalized spacial score (nSPS) is 11.7. The maximum absolute atomic E-state index is 13.7. The van der Waals surface area contributed by atoms with Gasteiger partial charge in [0, 0.05) is 11.5 Å². The van der Waals surface area contributed by atoms with Gasteiger partial charge in [0.05, 0.1) is 21.7 Å². The molecule has 5 nitrogen and oxygen atoms in total. The highest BCUT2D eigenvalue weighted by molar-refractivity contribution is 7.90. The zero-order valence-electron chi connectivity index (χ0n) is 14.7. The molecule has 1 aromatic heterocycles. The molecule has 0 aliphatic heterocycles. The van der Waals surface area contributed by atoms with Gasteiger partial charge in [-0.05, 0) is 42.0 Å². The maximum atomic E-state index is 13.7. The Morgan fingerprint density at radius 2 is 1.52 bits per heavy atom. The van der Waals surface area contributed by atoms with Crippen LogP contribution in [0.3, 0.4) is 0 Å². The number of aromatic nitrogens is 1. The van der Waals surface area contributed by atoms with Crippen molar-refractivity contribution in [3.8, 4) is 11.3 Å². The third-order valence-electron chi connectivity index (χ3n) is 4.45. The van der Waals surface area contributed by atoms with Gasteiger partial charge in [-0.3, -0.25) is 0 Å². The van der Waals surface area contributed by atoms with Crippen LogP contribution in [0.1, 0.15) is 10.4 Å². The molecule has 0 saturated heterocycles. The van der Waals surface area contributed by atoms with Crippen molar-refractivity contribution in [2.75, 3.05) is 0 Å². The first kappa shape index (κ1) is 18.8. The number of nitrogens with zero attached hydrogens (tertiary/aromatic N) is 1. The predicted octanol–water partition coefficient (Wildman–Crippen LogP) is 4.52. The van der Waals surface area contributed by atoms with E-state index in [1.165, 1.54) is 24.3 Å². The monoisotopic (exact) mass is 413 g/mol. The molecule has 0 radical (unpaired) electrons. The lowest BCUT2D eigenvalue weighted by Crippen LogP contribution is -2.14. The van der Waals surface area contributed by atoms with Crippen LogP contribution in [-0.4, -0.2) is 23.5 Å². The van der Waals surface area contributed by atoms with E-state index >= 15 is 0 Å². The quantitative estimate of drug-likeness (QED) is 0.534. The highest BCUT2D eigenvalue weighted by atomic mass is 32.2. The van der Waals surface area contributed by atoms with Crippen LogP contribution in [0.2, 0.25) is 0 Å². The van der Waals surface area contributed by atoms with Gasteiger partial charge in [-0.25, -0.2) is 26.0 Å². The molecular formula is C21H13F2NO4S. The van der Waals surface area contributed by atoms with Crippen LogP contribution in [-0.2, 0) is 10.0 Å². The third-order valence-corrected chi connectivity index (χ3v) is 6.15. The van der Waals surface area contributed by atoms with Gasteiger partial charge in [0.15, 0.2) is 0 Å². The SMILES string of the molecule is O=C(O)c1ccc2c(c1)cc(-c1ccccc1)n2S(=O)(=O)c1cc(F)cc(F)c1. The minimum absolute atomic E-state index is 0.0107. The molecule has 29 heavy (non-hydrogen) atoms. The standard InChI is InChI=1S/C21H13F2NO4S/c22-16-10-17(23)12-18(11-16)29(27,28)24-19-7-6-14(21(25)26)8-15(19)9-20(24)13-4-2-1-3-5-13/h1-12H,(H,25,26). The molecule has 3 aromatic carbocycles. The van der Waals surface area contributed by atoms with E-state index in [9.17, 15) is 27.1 Å². The molecule has 0 aliphatic carbocycles. The summed E-state index contributed by atoms with van der Waals surface area (Å²) >= 11 is 0. The second kappa shape index (κ2) is 6.82. The number of carbonyl (C=O) groups is 1. The fraction of sp³-hybridized carbons (Fsp3) is 0. The molecular weight excluding hydrogens is 400 g/mol. The van der Waals surface area contributed by atoms with Crippen molar-refractivity contribution in [3.05, 3.63) is 90.0 Å². The van der Waals surface area contributed by atoms with Gasteiger partial charge < -0.3 is 5.11 Å². The smallest absolute Gasteiger partial charge is 0.335 e. The van der Waals surface area contributed by atoms with E-state index in [0.29, 0.717) is 17.0 Å². The molecule has 0 amide bonds. The number of hydrogen-bond acceptors (Lipinski definition) is 3. The first-order valence-electron chi connectivity index (χ1n) is 8.43. The van der Waals surface area contributed by atoms with Crippen molar-refractivity contribution in [3.63, 3.8) is 0 Å². The molecule has 0 saturated carbocycles. The summed E-state index contributed by atoms with van der Waals surface area (Å²) in [5, 5.41) is 9.59. The number of carboxylic acid groups (broad SMARTS) is 1. The topological polar surface area (TPSA) is 76.4 Å². The Labute approximate surface area is 164 Å². The summed E-state index contributed by atoms with van der Waals surface area (Å²) in [4.78, 5) is 10.7. The Balaban J connectivity index is 2.07. The molecule has 0 fully saturated rings. The number of aromatic carboxylic acids is 1. The lowest BCUT2D eigenvalue weighted by atomic mass is 10.1. The lowest BCUT2D eigenvalue weighted by molar-refractivity contribution is 0.0697. The molecule has 1 heterocycles. The molecule has 4 rings (SSSR count). The van der Waals surface area contributed by atoms with Crippen molar-refractivity contribution in [1.82, 2.24) is 3.97 Å². The molecule has 0 spiro atoms. The Kier molecular flexibility index (Phi) is 4.43. The largest absolute Gasteiger partial charge is 0.478 e. The van der Waals surface area contributed by atoms with E-state index in [0.717, 1.165) is 16.1 Å². The van der Waals surface area contributed by atoms with Crippen LogP contribution < -0.4 is 0 Å². The van der Waals surface area contributed by atoms with Crippen molar-refractivity contribution in [2.45, 2.75) is 4.90 Å². The Morgan fingerprint density at radius 1 is 0.862 bits per heavy atom. The van der Waals surface area contributed by atoms with Gasteiger partial charge in [0.25, 0.3) is 10.0 Å². The van der Waals surface area contributed by atoms with Crippen molar-refractivity contribution < 1.29 is 27.1 Å². The Hall–Kier alpha value is -3.52. The summed E-state index contributed by atoms with van der Waals surface area (Å²) in [5.41, 5.74) is 0.968. The van der Waals surface area contributed by atoms with Gasteiger partial charge in [-0.1, -0.05) is 30.3 Å². The molecule has 146 valence electrons. The van der Waals surface area contributed by atoms with Crippen LogP contribution in [0, 0.1) is 11.6 Å². The molecule has 1 N–H and O–H groups in total. The van der Waals surface area contributed by atoms with E-state index in [1.807, 2.05) is 0 Å². The molecule has 4 aromatic rings. The van der Waals surface area contributed by atoms with Crippen molar-refractivity contribution in [2.24, 2.45) is 0 Å². The molecule has 0 unspecified atom stereocenters. The molecule has 0 bridgehead atoms. The Morgan fingerprint density at radius 3 is 2.14 bits per heavy atom. The summed E-state index contributed by atoms with van der Waals surface area (Å²) in [7, 11) is -4.39. The number of carboxylic acids is 1. The second-order valence-corrected chi connectivity index (χ2v) is 8.14. The summed E-state index contributed by atoms with van der Waals surface area (Å²) in [6.07, 6.45) is 0. The summed E-state index contributed by atoms with van der Waals surface area (Å²) in [6.45, 7) is 0. The van der Waals surface area contributed by atoms with E-state index < -0.39 is 32.5 Å². The van der Waals surface area contributed by atoms with Gasteiger partial charge >= 0.3 is 5.97 Å². The zero-order valence-corrected chi connectivity index (χ0v) is 15.5. The highest BCUT2D eigenvalue weighted by Gasteiger charge is 2.25. The van der Waals surface area contributed by atoms with Crippen LogP contribution in [0.4, 0.5) is 8.78 Å². The minimum Gasteiger partial charge on any atom is -0.478 e. The maximum Gasteiger partial charge on any atom is 0.335 e. The van der Waals surface area contributed by atoms with Crippen LogP contribution in [0.25, 0.3) is 22.2 Å². The molecule has 8 heteroatoms. The van der Waals surface area contributed by atoms with Crippen LogP contribution >= 0.6 is 0 Å². The van der Waals surface area contributed by atoms with E-state index in [4.69, 9.17) is 0 Å². The van der Waals surface area contributed by atoms with Crippen LogP contribution in [0.5, 0.6) is 0 Å². The minimum atomic E-state index is -4.39. The third kappa shape index (κ3) is 3.27. The van der Waals surface area contributed by atoms with Gasteiger partial charge in [0.2, 0.25) is 0 Å². The fourth-order valence-electron chi connectivity index (χ4n) is 3.18. The molecule has 0 aliphatic rings. The summed E-state index contributed by atoms with van der Waals surface area (Å²) < 4.78 is 55.0. The number of rotatable bonds is 4. The number of fused-ring (bicyclic) bond motifs is 1. The highest BCUT2D eigenvalue weighted by Crippen LogP contribution is 2.33. The van der Waals surface area contributed by atoms with E-state index in [-0.39, 0.29) is 16.8 Å². The Bertz CT molecular complexity index is 1340. The molecule has 0 atom stereocenters. The average molecular weight is 413 g/mol. The summed E-state index contributed by atoms with van der Waals surface area (Å²) in [5.74, 6) is -3.19. The van der Waals surface area contributed by atoms with E-state index in [2.05, 4.69) is 0 Å². The first-order chi connectivity index (χ1) is 13.8. The predicted molar refractivity (Wildman–Crippen MR) is 103 cm³/mol. The van der Waals surface area contributed by atoms with Gasteiger partial charge in [-0.15, -0.1) is 0 Å². The van der Waals surface area contributed by atoms with Gasteiger partial charge in [0.1, 0.15) is 11.6 Å². The van der Waals surface area contributed by atoms with Gasteiger partial charge in [-0.2, -0.15) is 0 Å². The number of halogens is 2. The zero-order chi connectivity index (χ0) is 20.8. The number of hydrogen-bond donors (Lipinski definition) is 1. The summed E-state index contributed by atoms with van der Waals surface area (Å²) in [6, 6.07) is 16.1. The van der Waals surface area contributed by atoms with E-state index in [1.54, 1.807) is 30.3 Å². The average Bonchev–Trinajstić information content (AvgIpc) is 3.07. The second-order valence-electron chi connectivity index (χ2n) is 6.35. The van der Waals surface area contributed by atoms with Crippen LogP contribution in [0.15, 0.2) is 77.7 Å².